The summed E-state index contributed by atoms with van der Waals surface area (Å²) in [5.41, 5.74) is 0.609. The third-order valence-corrected chi connectivity index (χ3v) is 5.76. The third-order valence-electron chi connectivity index (χ3n) is 4.53. The maximum atomic E-state index is 13.9. The fraction of sp³-hybridized carbons (Fsp3) is 0.529. The fourth-order valence-electron chi connectivity index (χ4n) is 3.31. The molecule has 2 atom stereocenters. The van der Waals surface area contributed by atoms with E-state index in [0.717, 1.165) is 28.6 Å². The van der Waals surface area contributed by atoms with Gasteiger partial charge in [0.25, 0.3) is 0 Å². The smallest absolute Gasteiger partial charge is 0.167 e. The highest BCUT2D eigenvalue weighted by molar-refractivity contribution is 7.99. The van der Waals surface area contributed by atoms with E-state index in [9.17, 15) is 4.39 Å². The lowest BCUT2D eigenvalue weighted by molar-refractivity contribution is 0.387. The first kappa shape index (κ1) is 16.3. The van der Waals surface area contributed by atoms with Gasteiger partial charge in [0, 0.05) is 29.8 Å². The van der Waals surface area contributed by atoms with Crippen LogP contribution in [0.25, 0.3) is 10.9 Å². The SMILES string of the molecule is CCSC1CCC(N(C)c2ncnc3cc(F)c(OC)cc23)C1. The average molecular weight is 335 g/mol. The van der Waals surface area contributed by atoms with Gasteiger partial charge in [0.05, 0.1) is 12.6 Å². The summed E-state index contributed by atoms with van der Waals surface area (Å²) in [6, 6.07) is 3.58. The van der Waals surface area contributed by atoms with Crippen LogP contribution in [0.3, 0.4) is 0 Å². The Balaban J connectivity index is 1.93. The van der Waals surface area contributed by atoms with Crippen LogP contribution in [-0.2, 0) is 0 Å². The van der Waals surface area contributed by atoms with Crippen LogP contribution >= 0.6 is 11.8 Å². The number of thioether (sulfide) groups is 1. The quantitative estimate of drug-likeness (QED) is 0.829. The van der Waals surface area contributed by atoms with E-state index in [4.69, 9.17) is 4.74 Å². The van der Waals surface area contributed by atoms with E-state index < -0.39 is 5.82 Å². The molecule has 23 heavy (non-hydrogen) atoms. The zero-order valence-corrected chi connectivity index (χ0v) is 14.6. The van der Waals surface area contributed by atoms with E-state index in [-0.39, 0.29) is 5.75 Å². The van der Waals surface area contributed by atoms with Crippen molar-refractivity contribution < 1.29 is 9.13 Å². The summed E-state index contributed by atoms with van der Waals surface area (Å²) in [4.78, 5) is 10.9. The molecule has 0 aliphatic heterocycles. The van der Waals surface area contributed by atoms with Crippen molar-refractivity contribution in [3.8, 4) is 5.75 Å². The molecular formula is C17H22FN3OS. The van der Waals surface area contributed by atoms with Gasteiger partial charge in [0.2, 0.25) is 0 Å². The van der Waals surface area contributed by atoms with Gasteiger partial charge in [0.1, 0.15) is 12.1 Å². The Hall–Kier alpha value is -1.56. The Kier molecular flexibility index (Phi) is 4.90. The number of aromatic nitrogens is 2. The average Bonchev–Trinajstić information content (AvgIpc) is 3.02. The molecule has 6 heteroatoms. The number of methoxy groups -OCH3 is 1. The van der Waals surface area contributed by atoms with Crippen molar-refractivity contribution in [1.82, 2.24) is 9.97 Å². The Morgan fingerprint density at radius 1 is 1.35 bits per heavy atom. The standard InChI is InChI=1S/C17H22FN3OS/c1-4-23-12-6-5-11(7-12)21(2)17-13-8-16(22-3)14(18)9-15(13)19-10-20-17/h8-12H,4-7H2,1-3H3. The van der Waals surface area contributed by atoms with E-state index in [2.05, 4.69) is 28.8 Å². The summed E-state index contributed by atoms with van der Waals surface area (Å²) >= 11 is 2.04. The number of anilines is 1. The molecule has 1 heterocycles. The molecule has 124 valence electrons. The van der Waals surface area contributed by atoms with Crippen LogP contribution in [0.1, 0.15) is 26.2 Å². The van der Waals surface area contributed by atoms with Crippen LogP contribution in [0.5, 0.6) is 5.75 Å². The lowest BCUT2D eigenvalue weighted by Gasteiger charge is -2.26. The predicted octanol–water partition coefficient (Wildman–Crippen LogP) is 3.89. The van der Waals surface area contributed by atoms with Gasteiger partial charge in [-0.15, -0.1) is 0 Å². The van der Waals surface area contributed by atoms with Crippen molar-refractivity contribution in [2.75, 3.05) is 24.8 Å². The first-order valence-electron chi connectivity index (χ1n) is 7.96. The van der Waals surface area contributed by atoms with Gasteiger partial charge in [-0.25, -0.2) is 14.4 Å². The summed E-state index contributed by atoms with van der Waals surface area (Å²) in [6.07, 6.45) is 5.08. The third kappa shape index (κ3) is 3.22. The highest BCUT2D eigenvalue weighted by Crippen LogP contribution is 2.36. The highest BCUT2D eigenvalue weighted by Gasteiger charge is 2.29. The molecule has 0 radical (unpaired) electrons. The summed E-state index contributed by atoms with van der Waals surface area (Å²) in [6.45, 7) is 2.21. The largest absolute Gasteiger partial charge is 0.494 e. The summed E-state index contributed by atoms with van der Waals surface area (Å²) in [5.74, 6) is 1.84. The number of fused-ring (bicyclic) bond motifs is 1. The van der Waals surface area contributed by atoms with Gasteiger partial charge in [0.15, 0.2) is 11.6 Å². The van der Waals surface area contributed by atoms with Crippen LogP contribution in [-0.4, -0.2) is 41.2 Å². The number of rotatable bonds is 5. The maximum absolute atomic E-state index is 13.9. The molecule has 2 aromatic rings. The molecule has 0 spiro atoms. The molecule has 0 amide bonds. The van der Waals surface area contributed by atoms with Crippen molar-refractivity contribution in [3.05, 3.63) is 24.3 Å². The molecule has 0 saturated heterocycles. The number of halogens is 1. The van der Waals surface area contributed by atoms with Crippen molar-refractivity contribution in [2.45, 2.75) is 37.5 Å². The second kappa shape index (κ2) is 6.91. The lowest BCUT2D eigenvalue weighted by atomic mass is 10.1. The Bertz CT molecular complexity index is 697. The zero-order chi connectivity index (χ0) is 16.4. The van der Waals surface area contributed by atoms with Crippen molar-refractivity contribution in [1.29, 1.82) is 0 Å². The normalized spacial score (nSPS) is 20.9. The molecule has 1 saturated carbocycles. The molecule has 3 rings (SSSR count). The van der Waals surface area contributed by atoms with Gasteiger partial charge < -0.3 is 9.64 Å². The van der Waals surface area contributed by atoms with Gasteiger partial charge >= 0.3 is 0 Å². The van der Waals surface area contributed by atoms with Crippen LogP contribution in [0.15, 0.2) is 18.5 Å². The number of hydrogen-bond acceptors (Lipinski definition) is 5. The second-order valence-corrected chi connectivity index (χ2v) is 7.43. The summed E-state index contributed by atoms with van der Waals surface area (Å²) in [7, 11) is 3.54. The highest BCUT2D eigenvalue weighted by atomic mass is 32.2. The van der Waals surface area contributed by atoms with Crippen molar-refractivity contribution in [3.63, 3.8) is 0 Å². The number of ether oxygens (including phenoxy) is 1. The van der Waals surface area contributed by atoms with Crippen molar-refractivity contribution in [2.24, 2.45) is 0 Å². The first-order valence-corrected chi connectivity index (χ1v) is 9.01. The van der Waals surface area contributed by atoms with Crippen molar-refractivity contribution >= 4 is 28.5 Å². The van der Waals surface area contributed by atoms with Crippen LogP contribution in [0, 0.1) is 5.82 Å². The van der Waals surface area contributed by atoms with E-state index in [0.29, 0.717) is 11.6 Å². The second-order valence-electron chi connectivity index (χ2n) is 5.86. The van der Waals surface area contributed by atoms with Gasteiger partial charge in [-0.1, -0.05) is 6.92 Å². The molecule has 4 nitrogen and oxygen atoms in total. The molecule has 1 aliphatic carbocycles. The van der Waals surface area contributed by atoms with E-state index in [1.54, 1.807) is 6.07 Å². The van der Waals surface area contributed by atoms with E-state index >= 15 is 0 Å². The lowest BCUT2D eigenvalue weighted by Crippen LogP contribution is -2.30. The Labute approximate surface area is 140 Å². The molecule has 1 fully saturated rings. The Morgan fingerprint density at radius 3 is 2.91 bits per heavy atom. The molecular weight excluding hydrogens is 313 g/mol. The zero-order valence-electron chi connectivity index (χ0n) is 13.8. The minimum Gasteiger partial charge on any atom is -0.494 e. The molecule has 1 aromatic heterocycles. The molecule has 0 bridgehead atoms. The predicted molar refractivity (Wildman–Crippen MR) is 94.0 cm³/mol. The maximum Gasteiger partial charge on any atom is 0.167 e. The van der Waals surface area contributed by atoms with E-state index in [1.165, 1.54) is 32.3 Å². The summed E-state index contributed by atoms with van der Waals surface area (Å²) in [5, 5.41) is 1.56. The van der Waals surface area contributed by atoms with Gasteiger partial charge in [-0.2, -0.15) is 11.8 Å². The molecule has 1 aromatic carbocycles. The topological polar surface area (TPSA) is 38.2 Å². The minimum absolute atomic E-state index is 0.229. The monoisotopic (exact) mass is 335 g/mol. The van der Waals surface area contributed by atoms with Crippen LogP contribution < -0.4 is 9.64 Å². The van der Waals surface area contributed by atoms with Gasteiger partial charge in [-0.3, -0.25) is 0 Å². The number of nitrogens with zero attached hydrogens (tertiary/aromatic N) is 3. The molecule has 2 unspecified atom stereocenters. The van der Waals surface area contributed by atoms with Gasteiger partial charge in [-0.05, 0) is 31.1 Å². The molecule has 1 aliphatic rings. The minimum atomic E-state index is -0.396. The number of benzene rings is 1. The molecule has 0 N–H and O–H groups in total. The fourth-order valence-corrected chi connectivity index (χ4v) is 4.44. The van der Waals surface area contributed by atoms with Crippen LogP contribution in [0.4, 0.5) is 10.2 Å². The summed E-state index contributed by atoms with van der Waals surface area (Å²) < 4.78 is 19.0. The first-order chi connectivity index (χ1) is 11.1. The van der Waals surface area contributed by atoms with Crippen LogP contribution in [0.2, 0.25) is 0 Å². The number of hydrogen-bond donors (Lipinski definition) is 0. The van der Waals surface area contributed by atoms with E-state index in [1.807, 2.05) is 11.8 Å². The Morgan fingerprint density at radius 2 is 2.17 bits per heavy atom.